The molecule has 10 heteroatoms. The van der Waals surface area contributed by atoms with Crippen LogP contribution in [0.1, 0.15) is 29.5 Å². The first-order valence-electron chi connectivity index (χ1n) is 12.8. The maximum atomic E-state index is 14.2. The van der Waals surface area contributed by atoms with Crippen LogP contribution in [0, 0.1) is 32.1 Å². The Bertz CT molecular complexity index is 1300. The van der Waals surface area contributed by atoms with Gasteiger partial charge in [0.2, 0.25) is 0 Å². The predicted octanol–water partition coefficient (Wildman–Crippen LogP) is 9.05. The van der Waals surface area contributed by atoms with E-state index in [1.54, 1.807) is 0 Å². The summed E-state index contributed by atoms with van der Waals surface area (Å²) in [5.41, 5.74) is 3.16. The number of hydrogen-bond donors (Lipinski definition) is 1. The summed E-state index contributed by atoms with van der Waals surface area (Å²) in [6.45, 7) is 6.77. The van der Waals surface area contributed by atoms with E-state index in [9.17, 15) is 8.78 Å². The number of nitrogens with one attached hydrogen (secondary N) is 1. The molecule has 1 fully saturated rings. The van der Waals surface area contributed by atoms with Crippen LogP contribution in [0.15, 0.2) is 102 Å². The molecule has 4 aromatic rings. The van der Waals surface area contributed by atoms with Crippen LogP contribution in [-0.4, -0.2) is 12.4 Å². The van der Waals surface area contributed by atoms with Gasteiger partial charge in [-0.1, -0.05) is 61.0 Å². The summed E-state index contributed by atoms with van der Waals surface area (Å²) in [5.74, 6) is -0.823. The molecular formula is C31H31Cl3CrF2N2OP+. The quantitative estimate of drug-likeness (QED) is 0.0992. The molecule has 1 saturated heterocycles. The molecule has 0 saturated carbocycles. The number of hydrogen-bond acceptors (Lipinski definition) is 2. The summed E-state index contributed by atoms with van der Waals surface area (Å²) in [5, 5.41) is 5.82. The van der Waals surface area contributed by atoms with Gasteiger partial charge in [-0.15, -0.1) is 0 Å². The average Bonchev–Trinajstić information content (AvgIpc) is 3.53. The minimum atomic E-state index is -1.62. The van der Waals surface area contributed by atoms with Gasteiger partial charge in [0.05, 0.1) is 5.69 Å². The van der Waals surface area contributed by atoms with Gasteiger partial charge in [0, 0.05) is 18.2 Å². The number of aryl methyl sites for hydroxylation is 2. The first-order chi connectivity index (χ1) is 19.7. The molecule has 1 heterocycles. The van der Waals surface area contributed by atoms with Crippen molar-refractivity contribution in [3.05, 3.63) is 132 Å². The number of amidine groups is 1. The summed E-state index contributed by atoms with van der Waals surface area (Å²) < 4.78 is 33.1. The fraction of sp³-hybridized carbons (Fsp3) is 0.161. The topological polar surface area (TPSA) is 33.6 Å². The van der Waals surface area contributed by atoms with Crippen molar-refractivity contribution in [1.82, 2.24) is 5.09 Å². The Balaban J connectivity index is 0.000000442. The first-order valence-corrected chi connectivity index (χ1v) is 19.5. The van der Waals surface area contributed by atoms with E-state index < -0.39 is 31.1 Å². The van der Waals surface area contributed by atoms with Crippen LogP contribution in [-0.2, 0) is 16.1 Å². The van der Waals surface area contributed by atoms with Gasteiger partial charge in [0.25, 0.3) is 0 Å². The molecule has 41 heavy (non-hydrogen) atoms. The van der Waals surface area contributed by atoms with E-state index in [0.717, 1.165) is 46.5 Å². The molecule has 0 radical (unpaired) electrons. The molecule has 5 rings (SSSR count). The Morgan fingerprint density at radius 1 is 0.829 bits per heavy atom. The molecule has 0 bridgehead atoms. The van der Waals surface area contributed by atoms with Crippen LogP contribution < -0.4 is 15.7 Å². The van der Waals surface area contributed by atoms with Crippen molar-refractivity contribution >= 4 is 60.4 Å². The van der Waals surface area contributed by atoms with Crippen molar-refractivity contribution in [3.63, 3.8) is 0 Å². The number of nitrogens with zero attached hydrogens (tertiary/aromatic N) is 1. The normalized spacial score (nSPS) is 12.9. The molecule has 0 amide bonds. The number of halogens is 5. The molecule has 4 aromatic carbocycles. The molecule has 0 spiro atoms. The van der Waals surface area contributed by atoms with E-state index in [4.69, 9.17) is 39.9 Å². The number of aliphatic imine (C=N–C) groups is 1. The molecule has 0 atom stereocenters. The zero-order valence-electron chi connectivity index (χ0n) is 22.6. The number of rotatable bonds is 5. The van der Waals surface area contributed by atoms with Crippen molar-refractivity contribution in [3.8, 4) is 0 Å². The maximum absolute atomic E-state index is 14.2. The van der Waals surface area contributed by atoms with Gasteiger partial charge >= 0.3 is 41.5 Å². The minimum absolute atomic E-state index is 0.375. The van der Waals surface area contributed by atoms with Crippen LogP contribution in [0.4, 0.5) is 14.5 Å². The predicted molar refractivity (Wildman–Crippen MR) is 169 cm³/mol. The molecule has 0 unspecified atom stereocenters. The molecule has 0 aliphatic carbocycles. The molecule has 1 N–H and O–H groups in total. The third-order valence-corrected chi connectivity index (χ3v) is 8.18. The van der Waals surface area contributed by atoms with Gasteiger partial charge in [-0.05, 0) is 61.4 Å². The van der Waals surface area contributed by atoms with Crippen LogP contribution in [0.25, 0.3) is 0 Å². The van der Waals surface area contributed by atoms with E-state index >= 15 is 0 Å². The fourth-order valence-corrected chi connectivity index (χ4v) is 6.12. The fourth-order valence-electron chi connectivity index (χ4n) is 4.00. The third kappa shape index (κ3) is 11.7. The Morgan fingerprint density at radius 3 is 1.76 bits per heavy atom. The van der Waals surface area contributed by atoms with E-state index in [2.05, 4.69) is 29.4 Å². The zero-order chi connectivity index (χ0) is 29.6. The van der Waals surface area contributed by atoms with Gasteiger partial charge in [0.1, 0.15) is 22.2 Å². The summed E-state index contributed by atoms with van der Waals surface area (Å²) >= 11 is -1.62. The number of para-hydroxylation sites is 1. The van der Waals surface area contributed by atoms with Crippen LogP contribution in [0.2, 0.25) is 0 Å². The van der Waals surface area contributed by atoms with Crippen molar-refractivity contribution in [2.75, 3.05) is 6.61 Å². The second-order valence-electron chi connectivity index (χ2n) is 8.95. The van der Waals surface area contributed by atoms with E-state index in [1.165, 1.54) is 18.6 Å². The van der Waals surface area contributed by atoms with Crippen LogP contribution >= 0.6 is 38.2 Å². The Hall–Kier alpha value is -2.00. The van der Waals surface area contributed by atoms with Crippen molar-refractivity contribution in [2.24, 2.45) is 4.99 Å². The first kappa shape index (κ1) is 33.5. The molecule has 1 aliphatic rings. The van der Waals surface area contributed by atoms with Gasteiger partial charge in [-0.2, -0.15) is 6.42 Å². The van der Waals surface area contributed by atoms with Gasteiger partial charge < -0.3 is 4.74 Å². The summed E-state index contributed by atoms with van der Waals surface area (Å²) in [4.78, 5) is 4.90. The summed E-state index contributed by atoms with van der Waals surface area (Å²) in [6, 6.07) is 29.6. The van der Waals surface area contributed by atoms with Crippen molar-refractivity contribution in [2.45, 2.75) is 26.7 Å². The summed E-state index contributed by atoms with van der Waals surface area (Å²) in [7, 11) is 13.3. The van der Waals surface area contributed by atoms with Crippen molar-refractivity contribution < 1.29 is 24.9 Å². The standard InChI is InChI=1S/C27H23F2N2P.C4H7O.3ClH.Cr/c1-19-10-9-11-20(2)26(19)30-27(21-16-22(28)18-23(29)17-21)31-32(24-12-5-3-6-13-24)25-14-7-4-8-15-25;1-2-4-5-3-1;;;;/h3-18H,1-2H3,(H,30,31);3H,1-2,4H2;3*1H;/q;-1;;;;+4/p-2. The molecule has 216 valence electrons. The molecule has 1 aliphatic heterocycles. The average molecular weight is 675 g/mol. The molecule has 3 nitrogen and oxygen atoms in total. The number of ether oxygens (including phenoxy) is 1. The van der Waals surface area contributed by atoms with Crippen molar-refractivity contribution in [1.29, 1.82) is 0 Å². The molecule has 0 aromatic heterocycles. The second-order valence-corrected chi connectivity index (χ2v) is 17.4. The second kappa shape index (κ2) is 17.8. The Morgan fingerprint density at radius 2 is 1.34 bits per heavy atom. The van der Waals surface area contributed by atoms with Crippen LogP contribution in [0.5, 0.6) is 0 Å². The van der Waals surface area contributed by atoms with Gasteiger partial charge in [-0.25, -0.2) is 25.5 Å². The Labute approximate surface area is 259 Å². The van der Waals surface area contributed by atoms with Gasteiger partial charge in [0.15, 0.2) is 13.9 Å². The SMILES string of the molecule is Cc1cccc(C)c1N=C(N[PH+](c1ccccc1)c1ccccc1)c1cc(F)cc(F)c1.[CH-]1CCCO1.[Cl][Cr+]([Cl])[Cl]. The van der Waals surface area contributed by atoms with E-state index in [1.807, 2.05) is 75.1 Å². The number of benzene rings is 4. The monoisotopic (exact) mass is 673 g/mol. The third-order valence-electron chi connectivity index (χ3n) is 5.87. The van der Waals surface area contributed by atoms with Gasteiger partial charge in [-0.3, -0.25) is 0 Å². The van der Waals surface area contributed by atoms with E-state index in [-0.39, 0.29) is 0 Å². The van der Waals surface area contributed by atoms with E-state index in [0.29, 0.717) is 11.4 Å². The Kier molecular flexibility index (Phi) is 14.6. The molecular weight excluding hydrogens is 644 g/mol. The summed E-state index contributed by atoms with van der Waals surface area (Å²) in [6.07, 6.45) is 2.38. The zero-order valence-corrected chi connectivity index (χ0v) is 27.1. The van der Waals surface area contributed by atoms with Crippen LogP contribution in [0.3, 0.4) is 0 Å².